The van der Waals surface area contributed by atoms with E-state index in [0.29, 0.717) is 23.2 Å². The van der Waals surface area contributed by atoms with Crippen LogP contribution in [-0.2, 0) is 11.3 Å². The van der Waals surface area contributed by atoms with Gasteiger partial charge in [0, 0.05) is 37.9 Å². The highest BCUT2D eigenvalue weighted by Gasteiger charge is 2.38. The normalized spacial score (nSPS) is 22.2. The van der Waals surface area contributed by atoms with E-state index in [-0.39, 0.29) is 11.9 Å². The monoisotopic (exact) mass is 396 g/mol. The Morgan fingerprint density at radius 3 is 2.69 bits per heavy atom. The first-order valence-corrected chi connectivity index (χ1v) is 10.3. The van der Waals surface area contributed by atoms with Crippen molar-refractivity contribution in [1.29, 1.82) is 0 Å². The third kappa shape index (κ3) is 4.19. The van der Waals surface area contributed by atoms with Crippen molar-refractivity contribution >= 4 is 11.9 Å². The molecule has 7 nitrogen and oxygen atoms in total. The van der Waals surface area contributed by atoms with Gasteiger partial charge in [0.25, 0.3) is 5.91 Å². The largest absolute Gasteiger partial charge is 0.465 e. The van der Waals surface area contributed by atoms with Crippen molar-refractivity contribution in [2.24, 2.45) is 5.92 Å². The molecule has 154 valence electrons. The Hall–Kier alpha value is -2.67. The van der Waals surface area contributed by atoms with Gasteiger partial charge in [-0.05, 0) is 55.9 Å². The Kier molecular flexibility index (Phi) is 5.67. The number of carbonyl (C=O) groups excluding carboxylic acids is 2. The van der Waals surface area contributed by atoms with E-state index in [1.54, 1.807) is 0 Å². The highest BCUT2D eigenvalue weighted by atomic mass is 16.5. The molecule has 0 unspecified atom stereocenters. The third-order valence-electron chi connectivity index (χ3n) is 6.12. The SMILES string of the molecule is COC(=O)c1ccc(CN2CC[C@H]3[C@H](CCCN3C(=O)c3cc(C)[nH]n3)C2)cc1. The molecule has 2 aliphatic heterocycles. The molecule has 2 atom stereocenters. The van der Waals surface area contributed by atoms with Crippen LogP contribution >= 0.6 is 0 Å². The Morgan fingerprint density at radius 1 is 1.21 bits per heavy atom. The molecular formula is C22H28N4O3. The molecule has 3 heterocycles. The van der Waals surface area contributed by atoms with Crippen molar-refractivity contribution in [3.63, 3.8) is 0 Å². The number of nitrogens with zero attached hydrogens (tertiary/aromatic N) is 3. The molecule has 0 aliphatic carbocycles. The molecule has 0 radical (unpaired) electrons. The van der Waals surface area contributed by atoms with Crippen LogP contribution in [0.5, 0.6) is 0 Å². The van der Waals surface area contributed by atoms with Gasteiger partial charge >= 0.3 is 5.97 Å². The van der Waals surface area contributed by atoms with E-state index in [0.717, 1.165) is 51.1 Å². The second kappa shape index (κ2) is 8.37. The lowest BCUT2D eigenvalue weighted by Gasteiger charge is -2.47. The number of methoxy groups -OCH3 is 1. The first-order chi connectivity index (χ1) is 14.0. The Bertz CT molecular complexity index is 876. The molecule has 2 aliphatic rings. The molecule has 0 spiro atoms. The zero-order chi connectivity index (χ0) is 20.4. The maximum Gasteiger partial charge on any atom is 0.337 e. The number of aromatic nitrogens is 2. The highest BCUT2D eigenvalue weighted by molar-refractivity contribution is 5.92. The number of aromatic amines is 1. The minimum atomic E-state index is -0.309. The van der Waals surface area contributed by atoms with E-state index < -0.39 is 0 Å². The van der Waals surface area contributed by atoms with Gasteiger partial charge in [0.1, 0.15) is 5.69 Å². The number of H-pyrrole nitrogens is 1. The summed E-state index contributed by atoms with van der Waals surface area (Å²) in [7, 11) is 1.39. The van der Waals surface area contributed by atoms with Crippen LogP contribution in [0, 0.1) is 12.8 Å². The lowest BCUT2D eigenvalue weighted by molar-refractivity contribution is 0.0180. The average Bonchev–Trinajstić information content (AvgIpc) is 3.19. The number of hydrogen-bond donors (Lipinski definition) is 1. The number of carbonyl (C=O) groups is 2. The van der Waals surface area contributed by atoms with Crippen molar-refractivity contribution in [3.05, 3.63) is 52.8 Å². The number of aryl methyl sites for hydroxylation is 1. The summed E-state index contributed by atoms with van der Waals surface area (Å²) in [5.41, 5.74) is 3.20. The van der Waals surface area contributed by atoms with Gasteiger partial charge in [0.05, 0.1) is 12.7 Å². The smallest absolute Gasteiger partial charge is 0.337 e. The Labute approximate surface area is 171 Å². The molecule has 0 saturated carbocycles. The summed E-state index contributed by atoms with van der Waals surface area (Å²) in [6.45, 7) is 5.55. The third-order valence-corrected chi connectivity index (χ3v) is 6.12. The molecule has 1 aromatic carbocycles. The fraction of sp³-hybridized carbons (Fsp3) is 0.500. The molecule has 2 aromatic rings. The van der Waals surface area contributed by atoms with Crippen LogP contribution in [0.1, 0.15) is 51.4 Å². The highest BCUT2D eigenvalue weighted by Crippen LogP contribution is 2.32. The lowest BCUT2D eigenvalue weighted by Crippen LogP contribution is -2.55. The second-order valence-electron chi connectivity index (χ2n) is 8.12. The predicted molar refractivity (Wildman–Crippen MR) is 109 cm³/mol. The molecule has 29 heavy (non-hydrogen) atoms. The van der Waals surface area contributed by atoms with Crippen LogP contribution in [0.3, 0.4) is 0 Å². The first-order valence-electron chi connectivity index (χ1n) is 10.3. The van der Waals surface area contributed by atoms with E-state index in [1.807, 2.05) is 42.2 Å². The molecular weight excluding hydrogens is 368 g/mol. The van der Waals surface area contributed by atoms with E-state index in [4.69, 9.17) is 4.74 Å². The Morgan fingerprint density at radius 2 is 2.00 bits per heavy atom. The minimum Gasteiger partial charge on any atom is -0.465 e. The van der Waals surface area contributed by atoms with Gasteiger partial charge in [-0.25, -0.2) is 4.79 Å². The number of esters is 1. The summed E-state index contributed by atoms with van der Waals surface area (Å²) in [6, 6.07) is 9.76. The number of fused-ring (bicyclic) bond motifs is 1. The van der Waals surface area contributed by atoms with Gasteiger partial charge in [0.2, 0.25) is 0 Å². The molecule has 0 bridgehead atoms. The number of rotatable bonds is 4. The van der Waals surface area contributed by atoms with Gasteiger partial charge in [0.15, 0.2) is 0 Å². The fourth-order valence-corrected chi connectivity index (χ4v) is 4.67. The molecule has 1 aromatic heterocycles. The van der Waals surface area contributed by atoms with Crippen molar-refractivity contribution in [2.45, 2.75) is 38.8 Å². The minimum absolute atomic E-state index is 0.0518. The van der Waals surface area contributed by atoms with Gasteiger partial charge < -0.3 is 9.64 Å². The van der Waals surface area contributed by atoms with Crippen molar-refractivity contribution in [2.75, 3.05) is 26.7 Å². The predicted octanol–water partition coefficient (Wildman–Crippen LogP) is 2.63. The van der Waals surface area contributed by atoms with Gasteiger partial charge in [-0.2, -0.15) is 5.10 Å². The topological polar surface area (TPSA) is 78.5 Å². The average molecular weight is 396 g/mol. The Balaban J connectivity index is 1.38. The van der Waals surface area contributed by atoms with Crippen molar-refractivity contribution in [3.8, 4) is 0 Å². The first kappa shape index (κ1) is 19.6. The molecule has 4 rings (SSSR count). The standard InChI is InChI=1S/C22H28N4O3/c1-15-12-19(24-23-15)21(27)26-10-3-4-18-14-25(11-9-20(18)26)13-16-5-7-17(8-6-16)22(28)29-2/h5-8,12,18,20H,3-4,9-11,13-14H2,1-2H3,(H,23,24)/t18-,20+/m1/s1. The number of amides is 1. The summed E-state index contributed by atoms with van der Waals surface area (Å²) in [5.74, 6) is 0.239. The van der Waals surface area contributed by atoms with Crippen molar-refractivity contribution < 1.29 is 14.3 Å². The fourth-order valence-electron chi connectivity index (χ4n) is 4.67. The van der Waals surface area contributed by atoms with Crippen LogP contribution in [0.15, 0.2) is 30.3 Å². The maximum atomic E-state index is 12.9. The van der Waals surface area contributed by atoms with E-state index in [2.05, 4.69) is 15.1 Å². The number of benzene rings is 1. The van der Waals surface area contributed by atoms with Crippen LogP contribution in [-0.4, -0.2) is 64.7 Å². The van der Waals surface area contributed by atoms with E-state index in [9.17, 15) is 9.59 Å². The zero-order valence-corrected chi connectivity index (χ0v) is 17.1. The summed E-state index contributed by atoms with van der Waals surface area (Å²) in [6.07, 6.45) is 3.18. The van der Waals surface area contributed by atoms with Gasteiger partial charge in [-0.1, -0.05) is 12.1 Å². The van der Waals surface area contributed by atoms with Crippen LogP contribution in [0.25, 0.3) is 0 Å². The summed E-state index contributed by atoms with van der Waals surface area (Å²) >= 11 is 0. The summed E-state index contributed by atoms with van der Waals surface area (Å²) in [4.78, 5) is 29.0. The lowest BCUT2D eigenvalue weighted by atomic mass is 9.83. The van der Waals surface area contributed by atoms with E-state index >= 15 is 0 Å². The number of nitrogens with one attached hydrogen (secondary N) is 1. The number of likely N-dealkylation sites (tertiary alicyclic amines) is 2. The number of hydrogen-bond acceptors (Lipinski definition) is 5. The van der Waals surface area contributed by atoms with Crippen LogP contribution in [0.4, 0.5) is 0 Å². The quantitative estimate of drug-likeness (QED) is 0.804. The summed E-state index contributed by atoms with van der Waals surface area (Å²) in [5, 5.41) is 7.04. The molecule has 1 N–H and O–H groups in total. The van der Waals surface area contributed by atoms with Crippen molar-refractivity contribution in [1.82, 2.24) is 20.0 Å². The van der Waals surface area contributed by atoms with Crippen LogP contribution in [0.2, 0.25) is 0 Å². The molecule has 7 heteroatoms. The second-order valence-corrected chi connectivity index (χ2v) is 8.12. The van der Waals surface area contributed by atoms with Gasteiger partial charge in [-0.3, -0.25) is 14.8 Å². The molecule has 2 saturated heterocycles. The van der Waals surface area contributed by atoms with E-state index in [1.165, 1.54) is 12.7 Å². The summed E-state index contributed by atoms with van der Waals surface area (Å²) < 4.78 is 4.76. The van der Waals surface area contributed by atoms with Crippen LogP contribution < -0.4 is 0 Å². The number of ether oxygens (including phenoxy) is 1. The number of piperidine rings is 2. The zero-order valence-electron chi connectivity index (χ0n) is 17.1. The maximum absolute atomic E-state index is 12.9. The molecule has 2 fully saturated rings. The van der Waals surface area contributed by atoms with Gasteiger partial charge in [-0.15, -0.1) is 0 Å². The molecule has 1 amide bonds.